The van der Waals surface area contributed by atoms with Crippen LogP contribution in [0.15, 0.2) is 47.6 Å². The second-order valence-corrected chi connectivity index (χ2v) is 7.28. The fourth-order valence-corrected chi connectivity index (χ4v) is 3.55. The molecule has 8 heteroatoms. The molecule has 4 rings (SSSR count). The van der Waals surface area contributed by atoms with Crippen molar-refractivity contribution in [2.75, 3.05) is 18.6 Å². The maximum atomic E-state index is 5.83. The molecule has 0 fully saturated rings. The zero-order chi connectivity index (χ0) is 22.3. The first-order valence-electron chi connectivity index (χ1n) is 11.1. The van der Waals surface area contributed by atoms with Gasteiger partial charge in [0, 0.05) is 11.9 Å². The van der Waals surface area contributed by atoms with Crippen molar-refractivity contribution in [1.29, 1.82) is 0 Å². The Morgan fingerprint density at radius 1 is 1.03 bits per heavy atom. The second-order valence-electron chi connectivity index (χ2n) is 7.28. The lowest BCUT2D eigenvalue weighted by molar-refractivity contribution is 0.272. The molecular weight excluding hydrogens is 404 g/mol. The Labute approximate surface area is 187 Å². The number of hydrogen-bond acceptors (Lipinski definition) is 7. The molecule has 2 aromatic heterocycles. The summed E-state index contributed by atoms with van der Waals surface area (Å²) in [5.41, 5.74) is 6.43. The number of anilines is 1. The topological polar surface area (TPSA) is 86.5 Å². The number of fused-ring (bicyclic) bond motifs is 3. The minimum absolute atomic E-state index is 0.343. The summed E-state index contributed by atoms with van der Waals surface area (Å²) in [6.07, 6.45) is 3.79. The first kappa shape index (κ1) is 21.5. The summed E-state index contributed by atoms with van der Waals surface area (Å²) in [5.74, 6) is 1.80. The number of aromatic nitrogens is 4. The van der Waals surface area contributed by atoms with Crippen molar-refractivity contribution in [3.63, 3.8) is 0 Å². The number of para-hydroxylation sites is 1. The van der Waals surface area contributed by atoms with Gasteiger partial charge in [-0.3, -0.25) is 0 Å². The van der Waals surface area contributed by atoms with E-state index in [1.807, 2.05) is 43.3 Å². The molecule has 0 spiro atoms. The highest BCUT2D eigenvalue weighted by atomic mass is 16.5. The molecule has 2 heterocycles. The molecule has 0 unspecified atom stereocenters. The highest BCUT2D eigenvalue weighted by molar-refractivity contribution is 6.04. The van der Waals surface area contributed by atoms with Crippen LogP contribution in [0.4, 0.5) is 5.95 Å². The zero-order valence-corrected chi connectivity index (χ0v) is 18.7. The van der Waals surface area contributed by atoms with E-state index < -0.39 is 0 Å². The van der Waals surface area contributed by atoms with Crippen molar-refractivity contribution in [3.05, 3.63) is 48.0 Å². The highest BCUT2D eigenvalue weighted by Crippen LogP contribution is 2.28. The number of aryl methyl sites for hydroxylation is 1. The van der Waals surface area contributed by atoms with Crippen molar-refractivity contribution < 1.29 is 9.47 Å². The van der Waals surface area contributed by atoms with E-state index in [0.29, 0.717) is 24.9 Å². The molecule has 0 amide bonds. The van der Waals surface area contributed by atoms with Gasteiger partial charge in [-0.15, -0.1) is 10.2 Å². The van der Waals surface area contributed by atoms with E-state index in [4.69, 9.17) is 9.47 Å². The molecule has 32 heavy (non-hydrogen) atoms. The van der Waals surface area contributed by atoms with Crippen molar-refractivity contribution >= 4 is 34.2 Å². The van der Waals surface area contributed by atoms with Gasteiger partial charge in [-0.05, 0) is 50.1 Å². The van der Waals surface area contributed by atoms with Crippen LogP contribution in [0.1, 0.15) is 39.2 Å². The second kappa shape index (κ2) is 10.1. The van der Waals surface area contributed by atoms with Crippen LogP contribution in [0.5, 0.6) is 11.5 Å². The lowest BCUT2D eigenvalue weighted by Crippen LogP contribution is -2.03. The molecule has 0 radical (unpaired) electrons. The highest BCUT2D eigenvalue weighted by Gasteiger charge is 2.13. The van der Waals surface area contributed by atoms with Crippen molar-refractivity contribution in [2.45, 2.75) is 40.2 Å². The third kappa shape index (κ3) is 4.49. The Kier molecular flexibility index (Phi) is 6.79. The molecule has 8 nitrogen and oxygen atoms in total. The molecule has 0 bridgehead atoms. The third-order valence-electron chi connectivity index (χ3n) is 5.09. The molecule has 0 atom stereocenters. The summed E-state index contributed by atoms with van der Waals surface area (Å²) in [5, 5.41) is 13.9. The zero-order valence-electron chi connectivity index (χ0n) is 18.7. The Bertz CT molecular complexity index is 1230. The van der Waals surface area contributed by atoms with Gasteiger partial charge in [0.15, 0.2) is 17.1 Å². The van der Waals surface area contributed by atoms with E-state index >= 15 is 0 Å². The average molecular weight is 433 g/mol. The number of hydrogen-bond donors (Lipinski definition) is 1. The first-order valence-corrected chi connectivity index (χ1v) is 11.1. The molecule has 0 aliphatic heterocycles. The molecule has 166 valence electrons. The molecule has 4 aromatic rings. The van der Waals surface area contributed by atoms with Gasteiger partial charge < -0.3 is 14.0 Å². The van der Waals surface area contributed by atoms with E-state index in [1.165, 1.54) is 0 Å². The molecule has 1 N–H and O–H groups in total. The van der Waals surface area contributed by atoms with Crippen LogP contribution in [-0.4, -0.2) is 39.2 Å². The molecular formula is C24H28N6O2. The maximum Gasteiger partial charge on any atom is 0.265 e. The lowest BCUT2D eigenvalue weighted by Gasteiger charge is -2.12. The summed E-state index contributed by atoms with van der Waals surface area (Å²) in [6, 6.07) is 13.9. The predicted octanol–water partition coefficient (Wildman–Crippen LogP) is 5.02. The molecule has 0 saturated heterocycles. The van der Waals surface area contributed by atoms with E-state index in [9.17, 15) is 0 Å². The summed E-state index contributed by atoms with van der Waals surface area (Å²) in [7, 11) is 0. The SMILES string of the molecule is CCCCOc1ccc(/C=N/Nc2nnc3c4ccccc4n(CC)c3n2)cc1OCC. The van der Waals surface area contributed by atoms with Crippen LogP contribution >= 0.6 is 0 Å². The number of nitrogens with one attached hydrogen (secondary N) is 1. The van der Waals surface area contributed by atoms with Crippen molar-refractivity contribution in [1.82, 2.24) is 19.7 Å². The summed E-state index contributed by atoms with van der Waals surface area (Å²) in [6.45, 7) is 8.20. The molecule has 0 aliphatic carbocycles. The number of unbranched alkanes of at least 4 members (excludes halogenated alkanes) is 1. The predicted molar refractivity (Wildman–Crippen MR) is 128 cm³/mol. The largest absolute Gasteiger partial charge is 0.490 e. The Hall–Kier alpha value is -3.68. The van der Waals surface area contributed by atoms with Crippen LogP contribution < -0.4 is 14.9 Å². The molecule has 2 aromatic carbocycles. The monoisotopic (exact) mass is 432 g/mol. The molecule has 0 saturated carbocycles. The van der Waals surface area contributed by atoms with Gasteiger partial charge in [0.05, 0.1) is 24.9 Å². The van der Waals surface area contributed by atoms with Gasteiger partial charge in [-0.25, -0.2) is 5.43 Å². The quantitative estimate of drug-likeness (QED) is 0.215. The van der Waals surface area contributed by atoms with Crippen LogP contribution in [0.3, 0.4) is 0 Å². The number of nitrogens with zero attached hydrogens (tertiary/aromatic N) is 5. The lowest BCUT2D eigenvalue weighted by atomic mass is 10.2. The van der Waals surface area contributed by atoms with Crippen molar-refractivity contribution in [3.8, 4) is 11.5 Å². The van der Waals surface area contributed by atoms with Crippen LogP contribution in [0.2, 0.25) is 0 Å². The van der Waals surface area contributed by atoms with E-state index in [2.05, 4.69) is 50.2 Å². The van der Waals surface area contributed by atoms with Crippen LogP contribution in [-0.2, 0) is 6.54 Å². The van der Waals surface area contributed by atoms with Gasteiger partial charge >= 0.3 is 0 Å². The van der Waals surface area contributed by atoms with E-state index in [-0.39, 0.29) is 0 Å². The number of hydrazone groups is 1. The third-order valence-corrected chi connectivity index (χ3v) is 5.09. The van der Waals surface area contributed by atoms with E-state index in [1.54, 1.807) is 6.21 Å². The fraction of sp³-hybridized carbons (Fsp3) is 0.333. The smallest absolute Gasteiger partial charge is 0.265 e. The maximum absolute atomic E-state index is 5.83. The minimum atomic E-state index is 0.343. The average Bonchev–Trinajstić information content (AvgIpc) is 3.13. The van der Waals surface area contributed by atoms with Crippen molar-refractivity contribution in [2.24, 2.45) is 5.10 Å². The minimum Gasteiger partial charge on any atom is -0.490 e. The number of rotatable bonds is 10. The van der Waals surface area contributed by atoms with Gasteiger partial charge in [0.1, 0.15) is 5.52 Å². The summed E-state index contributed by atoms with van der Waals surface area (Å²) in [4.78, 5) is 4.64. The summed E-state index contributed by atoms with van der Waals surface area (Å²) >= 11 is 0. The van der Waals surface area contributed by atoms with Gasteiger partial charge in [-0.2, -0.15) is 10.1 Å². The van der Waals surface area contributed by atoms with Gasteiger partial charge in [0.25, 0.3) is 5.95 Å². The van der Waals surface area contributed by atoms with Crippen LogP contribution in [0.25, 0.3) is 22.1 Å². The standard InChI is InChI=1S/C24H28N6O2/c1-4-7-14-32-20-13-12-17(15-21(20)31-6-3)16-25-28-24-26-23-22(27-29-24)18-10-8-9-11-19(18)30(23)5-2/h8-13,15-16H,4-7,14H2,1-3H3,(H,26,28,29)/b25-16+. The summed E-state index contributed by atoms with van der Waals surface area (Å²) < 4.78 is 13.7. The van der Waals surface area contributed by atoms with Gasteiger partial charge in [-0.1, -0.05) is 31.5 Å². The molecule has 0 aliphatic rings. The normalized spacial score (nSPS) is 11.5. The number of benzene rings is 2. The van der Waals surface area contributed by atoms with Crippen LogP contribution in [0, 0.1) is 0 Å². The fourth-order valence-electron chi connectivity index (χ4n) is 3.55. The first-order chi connectivity index (χ1) is 15.7. The number of ether oxygens (including phenoxy) is 2. The Morgan fingerprint density at radius 2 is 1.91 bits per heavy atom. The van der Waals surface area contributed by atoms with Gasteiger partial charge in [0.2, 0.25) is 0 Å². The Balaban J connectivity index is 1.53. The Morgan fingerprint density at radius 3 is 2.72 bits per heavy atom. The van der Waals surface area contributed by atoms with E-state index in [0.717, 1.165) is 52.8 Å².